The molecule has 0 amide bonds. The largest absolute Gasteiger partial charge is 0.294 e. The molecule has 0 aromatic heterocycles. The molecule has 0 saturated heterocycles. The lowest BCUT2D eigenvalue weighted by molar-refractivity contribution is 0.0571. The highest BCUT2D eigenvalue weighted by Gasteiger charge is 2.50. The zero-order valence-electron chi connectivity index (χ0n) is 10.7. The van der Waals surface area contributed by atoms with Gasteiger partial charge in [0.25, 0.3) is 0 Å². The number of ketones is 2. The van der Waals surface area contributed by atoms with Gasteiger partial charge in [-0.1, -0.05) is 36.8 Å². The molecule has 1 aromatic carbocycles. The standard InChI is InChI=1S/C16H16O2/c1-10-6-7-11-12(9-10)14(17)13-5-3-4-8-16(13,2)15(11)18/h3-4,6-7,9,13H,5,8H2,1-2H3/t13-,16-/m0/s1. The summed E-state index contributed by atoms with van der Waals surface area (Å²) in [6.07, 6.45) is 5.42. The van der Waals surface area contributed by atoms with E-state index in [1.165, 1.54) is 0 Å². The fraction of sp³-hybridized carbons (Fsp3) is 0.375. The molecule has 0 radical (unpaired) electrons. The summed E-state index contributed by atoms with van der Waals surface area (Å²) < 4.78 is 0. The zero-order chi connectivity index (χ0) is 12.9. The van der Waals surface area contributed by atoms with Gasteiger partial charge in [-0.15, -0.1) is 0 Å². The predicted molar refractivity (Wildman–Crippen MR) is 69.8 cm³/mol. The van der Waals surface area contributed by atoms with Crippen molar-refractivity contribution in [3.63, 3.8) is 0 Å². The highest BCUT2D eigenvalue weighted by Crippen LogP contribution is 2.46. The Morgan fingerprint density at radius 2 is 1.94 bits per heavy atom. The number of Topliss-reactive ketones (excluding diaryl/α,β-unsaturated/α-hetero) is 2. The molecule has 18 heavy (non-hydrogen) atoms. The number of fused-ring (bicyclic) bond motifs is 2. The maximum atomic E-state index is 12.6. The van der Waals surface area contributed by atoms with Gasteiger partial charge in [-0.2, -0.15) is 0 Å². The van der Waals surface area contributed by atoms with Crippen molar-refractivity contribution in [3.8, 4) is 0 Å². The number of hydrogen-bond donors (Lipinski definition) is 0. The summed E-state index contributed by atoms with van der Waals surface area (Å²) >= 11 is 0. The van der Waals surface area contributed by atoms with Crippen molar-refractivity contribution < 1.29 is 9.59 Å². The van der Waals surface area contributed by atoms with Gasteiger partial charge >= 0.3 is 0 Å². The molecule has 2 nitrogen and oxygen atoms in total. The third-order valence-electron chi connectivity index (χ3n) is 4.37. The molecule has 0 saturated carbocycles. The van der Waals surface area contributed by atoms with Gasteiger partial charge in [-0.25, -0.2) is 0 Å². The summed E-state index contributed by atoms with van der Waals surface area (Å²) in [6.45, 7) is 3.89. The summed E-state index contributed by atoms with van der Waals surface area (Å²) in [5, 5.41) is 0. The van der Waals surface area contributed by atoms with Crippen LogP contribution < -0.4 is 0 Å². The van der Waals surface area contributed by atoms with Crippen LogP contribution in [-0.2, 0) is 0 Å². The minimum absolute atomic E-state index is 0.131. The van der Waals surface area contributed by atoms with Gasteiger partial charge in [0.15, 0.2) is 11.6 Å². The van der Waals surface area contributed by atoms with E-state index in [0.29, 0.717) is 24.0 Å². The molecular formula is C16H16O2. The highest BCUT2D eigenvalue weighted by molar-refractivity contribution is 6.17. The zero-order valence-corrected chi connectivity index (χ0v) is 10.7. The Bertz CT molecular complexity index is 583. The number of aryl methyl sites for hydroxylation is 1. The second-order valence-electron chi connectivity index (χ2n) is 5.62. The number of carbonyl (C=O) groups is 2. The predicted octanol–water partition coefficient (Wildman–Crippen LogP) is 3.35. The van der Waals surface area contributed by atoms with Gasteiger partial charge in [-0.3, -0.25) is 9.59 Å². The van der Waals surface area contributed by atoms with Crippen molar-refractivity contribution in [2.24, 2.45) is 11.3 Å². The van der Waals surface area contributed by atoms with Crippen molar-refractivity contribution in [1.29, 1.82) is 0 Å². The van der Waals surface area contributed by atoms with Crippen LogP contribution in [0, 0.1) is 18.3 Å². The lowest BCUT2D eigenvalue weighted by atomic mass is 9.59. The van der Waals surface area contributed by atoms with E-state index in [-0.39, 0.29) is 17.5 Å². The van der Waals surface area contributed by atoms with Crippen LogP contribution in [0.25, 0.3) is 0 Å². The van der Waals surface area contributed by atoms with E-state index >= 15 is 0 Å². The molecule has 0 aliphatic heterocycles. The van der Waals surface area contributed by atoms with Crippen molar-refractivity contribution in [2.45, 2.75) is 26.7 Å². The van der Waals surface area contributed by atoms with Crippen molar-refractivity contribution in [1.82, 2.24) is 0 Å². The number of allylic oxidation sites excluding steroid dienone is 2. The maximum absolute atomic E-state index is 12.6. The van der Waals surface area contributed by atoms with Crippen LogP contribution in [0.15, 0.2) is 30.4 Å². The average molecular weight is 240 g/mol. The van der Waals surface area contributed by atoms with E-state index in [1.807, 2.05) is 44.2 Å². The molecule has 2 aliphatic carbocycles. The van der Waals surface area contributed by atoms with Gasteiger partial charge in [0.1, 0.15) is 0 Å². The van der Waals surface area contributed by atoms with Crippen molar-refractivity contribution >= 4 is 11.6 Å². The van der Waals surface area contributed by atoms with E-state index in [0.717, 1.165) is 5.56 Å². The summed E-state index contributed by atoms with van der Waals surface area (Å²) in [4.78, 5) is 25.2. The second-order valence-corrected chi connectivity index (χ2v) is 5.62. The highest BCUT2D eigenvalue weighted by atomic mass is 16.1. The molecule has 0 bridgehead atoms. The average Bonchev–Trinajstić information content (AvgIpc) is 2.36. The van der Waals surface area contributed by atoms with Crippen LogP contribution in [0.4, 0.5) is 0 Å². The molecule has 0 heterocycles. The van der Waals surface area contributed by atoms with Crippen molar-refractivity contribution in [2.75, 3.05) is 0 Å². The SMILES string of the molecule is Cc1ccc2c(c1)C(=O)[C@@H]1CC=CC[C@]1(C)C2=O. The van der Waals surface area contributed by atoms with Crippen LogP contribution >= 0.6 is 0 Å². The van der Waals surface area contributed by atoms with E-state index in [9.17, 15) is 9.59 Å². The topological polar surface area (TPSA) is 34.1 Å². The third-order valence-corrected chi connectivity index (χ3v) is 4.37. The Kier molecular flexibility index (Phi) is 2.31. The first kappa shape index (κ1) is 11.4. The van der Waals surface area contributed by atoms with E-state index < -0.39 is 5.41 Å². The lowest BCUT2D eigenvalue weighted by Gasteiger charge is -2.40. The smallest absolute Gasteiger partial charge is 0.170 e. The number of rotatable bonds is 0. The normalized spacial score (nSPS) is 30.0. The molecule has 2 heteroatoms. The minimum Gasteiger partial charge on any atom is -0.294 e. The molecule has 2 atom stereocenters. The summed E-state index contributed by atoms with van der Waals surface area (Å²) in [7, 11) is 0. The lowest BCUT2D eigenvalue weighted by Crippen LogP contribution is -2.46. The second kappa shape index (κ2) is 3.64. The van der Waals surface area contributed by atoms with Gasteiger partial charge in [0.2, 0.25) is 0 Å². The summed E-state index contributed by atoms with van der Waals surface area (Å²) in [5.74, 6) is 0.0934. The molecule has 0 unspecified atom stereocenters. The maximum Gasteiger partial charge on any atom is 0.170 e. The van der Waals surface area contributed by atoms with Crippen LogP contribution in [0.5, 0.6) is 0 Å². The molecule has 3 rings (SSSR count). The summed E-state index contributed by atoms with van der Waals surface area (Å²) in [6, 6.07) is 5.57. The molecular weight excluding hydrogens is 224 g/mol. The van der Waals surface area contributed by atoms with Crippen LogP contribution in [0.3, 0.4) is 0 Å². The Morgan fingerprint density at radius 3 is 2.72 bits per heavy atom. The number of carbonyl (C=O) groups excluding carboxylic acids is 2. The molecule has 2 aliphatic rings. The van der Waals surface area contributed by atoms with Gasteiger partial charge in [0, 0.05) is 22.5 Å². The number of benzene rings is 1. The first-order valence-electron chi connectivity index (χ1n) is 6.39. The first-order valence-corrected chi connectivity index (χ1v) is 6.39. The van der Waals surface area contributed by atoms with Gasteiger partial charge in [-0.05, 0) is 25.8 Å². The summed E-state index contributed by atoms with van der Waals surface area (Å²) in [5.41, 5.74) is 1.73. The van der Waals surface area contributed by atoms with Crippen LogP contribution in [-0.4, -0.2) is 11.6 Å². The van der Waals surface area contributed by atoms with E-state index in [4.69, 9.17) is 0 Å². The monoisotopic (exact) mass is 240 g/mol. The molecule has 0 spiro atoms. The third kappa shape index (κ3) is 1.35. The quantitative estimate of drug-likeness (QED) is 0.652. The number of hydrogen-bond acceptors (Lipinski definition) is 2. The molecule has 92 valence electrons. The van der Waals surface area contributed by atoms with E-state index in [2.05, 4.69) is 0 Å². The molecule has 0 N–H and O–H groups in total. The Balaban J connectivity index is 2.23. The molecule has 0 fully saturated rings. The Morgan fingerprint density at radius 1 is 1.17 bits per heavy atom. The van der Waals surface area contributed by atoms with Gasteiger partial charge < -0.3 is 0 Å². The molecule has 1 aromatic rings. The minimum atomic E-state index is -0.534. The van der Waals surface area contributed by atoms with Gasteiger partial charge in [0.05, 0.1) is 0 Å². The fourth-order valence-electron chi connectivity index (χ4n) is 3.17. The van der Waals surface area contributed by atoms with Crippen LogP contribution in [0.2, 0.25) is 0 Å². The van der Waals surface area contributed by atoms with Crippen LogP contribution in [0.1, 0.15) is 46.0 Å². The Hall–Kier alpha value is -1.70. The first-order chi connectivity index (χ1) is 8.54. The van der Waals surface area contributed by atoms with E-state index in [1.54, 1.807) is 0 Å². The fourth-order valence-corrected chi connectivity index (χ4v) is 3.17. The van der Waals surface area contributed by atoms with Crippen molar-refractivity contribution in [3.05, 3.63) is 47.0 Å². The Labute approximate surface area is 107 Å².